The first kappa shape index (κ1) is 24.1. The number of aryl methyl sites for hydroxylation is 1. The highest BCUT2D eigenvalue weighted by Gasteiger charge is 2.07. The maximum Gasteiger partial charge on any atom is 0.243 e. The van der Waals surface area contributed by atoms with Gasteiger partial charge < -0.3 is 24.8 Å². The van der Waals surface area contributed by atoms with Crippen molar-refractivity contribution >= 4 is 17.3 Å². The van der Waals surface area contributed by atoms with E-state index in [1.807, 2.05) is 67.6 Å². The average Bonchev–Trinajstić information content (AvgIpc) is 2.85. The topological polar surface area (TPSA) is 68.8 Å². The van der Waals surface area contributed by atoms with E-state index in [0.717, 1.165) is 24.3 Å². The number of carbonyl (C=O) groups excluding carboxylic acids is 1. The number of rotatable bonds is 14. The fourth-order valence-corrected chi connectivity index (χ4v) is 3.25. The van der Waals surface area contributed by atoms with Crippen LogP contribution in [0.1, 0.15) is 18.9 Å². The van der Waals surface area contributed by atoms with E-state index in [0.29, 0.717) is 37.9 Å². The maximum atomic E-state index is 12.4. The number of ether oxygens (including phenoxy) is 3. The Bertz CT molecular complexity index is 979. The van der Waals surface area contributed by atoms with E-state index in [1.54, 1.807) is 6.07 Å². The van der Waals surface area contributed by atoms with Gasteiger partial charge in [-0.2, -0.15) is 0 Å². The molecule has 0 bridgehead atoms. The Morgan fingerprint density at radius 3 is 2.52 bits per heavy atom. The zero-order chi connectivity index (χ0) is 23.1. The highest BCUT2D eigenvalue weighted by molar-refractivity contribution is 5.94. The number of anilines is 2. The highest BCUT2D eigenvalue weighted by atomic mass is 16.5. The summed E-state index contributed by atoms with van der Waals surface area (Å²) in [5.74, 6) is 1.28. The van der Waals surface area contributed by atoms with Gasteiger partial charge in [0.1, 0.15) is 18.1 Å². The summed E-state index contributed by atoms with van der Waals surface area (Å²) < 4.78 is 16.9. The van der Waals surface area contributed by atoms with Gasteiger partial charge in [0.2, 0.25) is 5.91 Å². The molecule has 0 radical (unpaired) electrons. The van der Waals surface area contributed by atoms with Crippen LogP contribution in [0.5, 0.6) is 11.5 Å². The van der Waals surface area contributed by atoms with Gasteiger partial charge in [-0.05, 0) is 49.6 Å². The summed E-state index contributed by atoms with van der Waals surface area (Å²) in [5.41, 5.74) is 2.77. The lowest BCUT2D eigenvalue weighted by Gasteiger charge is -2.14. The molecule has 0 aromatic heterocycles. The molecule has 0 atom stereocenters. The van der Waals surface area contributed by atoms with Crippen LogP contribution in [-0.2, 0) is 16.0 Å². The molecule has 0 spiro atoms. The second-order valence-corrected chi connectivity index (χ2v) is 7.41. The van der Waals surface area contributed by atoms with E-state index in [9.17, 15) is 4.79 Å². The summed E-state index contributed by atoms with van der Waals surface area (Å²) >= 11 is 0. The molecule has 33 heavy (non-hydrogen) atoms. The molecule has 6 heteroatoms. The van der Waals surface area contributed by atoms with Crippen molar-refractivity contribution < 1.29 is 19.0 Å². The summed E-state index contributed by atoms with van der Waals surface area (Å²) in [4.78, 5) is 12.4. The van der Waals surface area contributed by atoms with Crippen molar-refractivity contribution in [1.29, 1.82) is 0 Å². The van der Waals surface area contributed by atoms with Gasteiger partial charge in [-0.15, -0.1) is 0 Å². The summed E-state index contributed by atoms with van der Waals surface area (Å²) in [7, 11) is 0. The minimum atomic E-state index is -0.152. The lowest BCUT2D eigenvalue weighted by atomic mass is 10.1. The summed E-state index contributed by atoms with van der Waals surface area (Å²) in [6, 6.07) is 25.3. The quantitative estimate of drug-likeness (QED) is 0.333. The van der Waals surface area contributed by atoms with E-state index in [4.69, 9.17) is 14.2 Å². The van der Waals surface area contributed by atoms with E-state index in [2.05, 4.69) is 22.8 Å². The lowest BCUT2D eigenvalue weighted by Crippen LogP contribution is -2.22. The predicted molar refractivity (Wildman–Crippen MR) is 132 cm³/mol. The Morgan fingerprint density at radius 1 is 0.848 bits per heavy atom. The molecule has 0 saturated heterocycles. The van der Waals surface area contributed by atoms with Crippen molar-refractivity contribution in [3.63, 3.8) is 0 Å². The van der Waals surface area contributed by atoms with Crippen LogP contribution >= 0.6 is 0 Å². The van der Waals surface area contributed by atoms with Crippen LogP contribution in [-0.4, -0.2) is 38.9 Å². The van der Waals surface area contributed by atoms with Crippen molar-refractivity contribution in [3.05, 3.63) is 84.4 Å². The summed E-state index contributed by atoms with van der Waals surface area (Å²) in [6.07, 6.45) is 1.88. The van der Waals surface area contributed by atoms with Gasteiger partial charge in [-0.3, -0.25) is 4.79 Å². The molecular weight excluding hydrogens is 416 g/mol. The van der Waals surface area contributed by atoms with Crippen molar-refractivity contribution in [2.75, 3.05) is 43.6 Å². The van der Waals surface area contributed by atoms with Crippen molar-refractivity contribution in [2.24, 2.45) is 0 Å². The number of para-hydroxylation sites is 2. The van der Waals surface area contributed by atoms with Crippen LogP contribution < -0.4 is 20.1 Å². The SMILES string of the molecule is CCOCCOc1cccc(NC(=O)CNc2ccccc2OCCCc2ccccc2)c1. The lowest BCUT2D eigenvalue weighted by molar-refractivity contribution is -0.114. The number of hydrogen-bond donors (Lipinski definition) is 2. The fraction of sp³-hybridized carbons (Fsp3) is 0.296. The smallest absolute Gasteiger partial charge is 0.243 e. The van der Waals surface area contributed by atoms with Crippen LogP contribution in [0, 0.1) is 0 Å². The number of benzene rings is 3. The molecule has 3 rings (SSSR count). The molecule has 2 N–H and O–H groups in total. The molecule has 3 aromatic rings. The van der Waals surface area contributed by atoms with Crippen LogP contribution in [0.4, 0.5) is 11.4 Å². The van der Waals surface area contributed by atoms with Crippen LogP contribution in [0.3, 0.4) is 0 Å². The van der Waals surface area contributed by atoms with Gasteiger partial charge in [-0.1, -0.05) is 48.5 Å². The Kier molecular flexibility index (Phi) is 10.1. The van der Waals surface area contributed by atoms with Crippen LogP contribution in [0.25, 0.3) is 0 Å². The first-order valence-electron chi connectivity index (χ1n) is 11.3. The average molecular weight is 449 g/mol. The largest absolute Gasteiger partial charge is 0.491 e. The van der Waals surface area contributed by atoms with E-state index < -0.39 is 0 Å². The van der Waals surface area contributed by atoms with Crippen molar-refractivity contribution in [1.82, 2.24) is 0 Å². The zero-order valence-electron chi connectivity index (χ0n) is 19.1. The number of hydrogen-bond acceptors (Lipinski definition) is 5. The van der Waals surface area contributed by atoms with Gasteiger partial charge in [0, 0.05) is 18.4 Å². The minimum absolute atomic E-state index is 0.125. The molecular formula is C27H32N2O4. The maximum absolute atomic E-state index is 12.4. The number of nitrogens with one attached hydrogen (secondary N) is 2. The Morgan fingerprint density at radius 2 is 1.67 bits per heavy atom. The molecule has 0 unspecified atom stereocenters. The monoisotopic (exact) mass is 448 g/mol. The molecule has 1 amide bonds. The van der Waals surface area contributed by atoms with Crippen LogP contribution in [0.15, 0.2) is 78.9 Å². The van der Waals surface area contributed by atoms with Gasteiger partial charge in [0.05, 0.1) is 25.4 Å². The summed E-state index contributed by atoms with van der Waals surface area (Å²) in [5, 5.41) is 6.06. The van der Waals surface area contributed by atoms with Crippen molar-refractivity contribution in [2.45, 2.75) is 19.8 Å². The fourth-order valence-electron chi connectivity index (χ4n) is 3.25. The van der Waals surface area contributed by atoms with Crippen molar-refractivity contribution in [3.8, 4) is 11.5 Å². The number of amides is 1. The predicted octanol–water partition coefficient (Wildman–Crippen LogP) is 5.16. The van der Waals surface area contributed by atoms with E-state index >= 15 is 0 Å². The van der Waals surface area contributed by atoms with Gasteiger partial charge in [-0.25, -0.2) is 0 Å². The third kappa shape index (κ3) is 8.86. The zero-order valence-corrected chi connectivity index (χ0v) is 19.1. The standard InChI is InChI=1S/C27H32N2O4/c1-2-31-18-19-32-24-14-8-13-23(20-24)29-27(30)21-28-25-15-6-7-16-26(25)33-17-9-12-22-10-4-3-5-11-22/h3-8,10-11,13-16,20,28H,2,9,12,17-19,21H2,1H3,(H,29,30). The highest BCUT2D eigenvalue weighted by Crippen LogP contribution is 2.24. The summed E-state index contributed by atoms with van der Waals surface area (Å²) in [6.45, 7) is 4.34. The molecule has 6 nitrogen and oxygen atoms in total. The third-order valence-corrected chi connectivity index (χ3v) is 4.85. The molecule has 174 valence electrons. The molecule has 0 aliphatic carbocycles. The first-order valence-corrected chi connectivity index (χ1v) is 11.3. The Balaban J connectivity index is 1.43. The van der Waals surface area contributed by atoms with E-state index in [1.165, 1.54) is 5.56 Å². The normalized spacial score (nSPS) is 10.5. The molecule has 3 aromatic carbocycles. The Labute approximate surface area is 195 Å². The first-order chi connectivity index (χ1) is 16.2. The Hall–Kier alpha value is -3.51. The molecule has 0 heterocycles. The van der Waals surface area contributed by atoms with Crippen LogP contribution in [0.2, 0.25) is 0 Å². The second-order valence-electron chi connectivity index (χ2n) is 7.41. The second kappa shape index (κ2) is 13.8. The number of carbonyl (C=O) groups is 1. The van der Waals surface area contributed by atoms with Gasteiger partial charge >= 0.3 is 0 Å². The van der Waals surface area contributed by atoms with E-state index in [-0.39, 0.29) is 12.5 Å². The van der Waals surface area contributed by atoms with Gasteiger partial charge in [0.25, 0.3) is 0 Å². The molecule has 0 aliphatic heterocycles. The molecule has 0 saturated carbocycles. The minimum Gasteiger partial charge on any atom is -0.491 e. The third-order valence-electron chi connectivity index (χ3n) is 4.85. The van der Waals surface area contributed by atoms with Gasteiger partial charge in [0.15, 0.2) is 0 Å². The molecule has 0 aliphatic rings. The molecule has 0 fully saturated rings.